The van der Waals surface area contributed by atoms with Gasteiger partial charge in [0.25, 0.3) is 5.91 Å². The molecule has 0 fully saturated rings. The van der Waals surface area contributed by atoms with Gasteiger partial charge in [-0.25, -0.2) is 0 Å². The maximum absolute atomic E-state index is 13.9. The summed E-state index contributed by atoms with van der Waals surface area (Å²) in [6.07, 6.45) is -3.34. The summed E-state index contributed by atoms with van der Waals surface area (Å²) in [5.41, 5.74) is -2.05. The van der Waals surface area contributed by atoms with Crippen LogP contribution in [-0.4, -0.2) is 46.5 Å². The predicted octanol–water partition coefficient (Wildman–Crippen LogP) is 4.97. The molecule has 10 heteroatoms. The summed E-state index contributed by atoms with van der Waals surface area (Å²) in [5.74, 6) is -0.215. The minimum atomic E-state index is -4.54. The molecule has 2 aromatic carbocycles. The molecule has 4 rings (SSSR count). The van der Waals surface area contributed by atoms with E-state index < -0.39 is 34.6 Å². The molecule has 2 heterocycles. The van der Waals surface area contributed by atoms with Crippen LogP contribution in [0.4, 0.5) is 13.2 Å². The molecule has 1 aliphatic heterocycles. The summed E-state index contributed by atoms with van der Waals surface area (Å²) in [5, 5.41) is 3.18. The van der Waals surface area contributed by atoms with Gasteiger partial charge in [-0.15, -0.1) is 0 Å². The first kappa shape index (κ1) is 26.2. The van der Waals surface area contributed by atoms with E-state index in [9.17, 15) is 22.8 Å². The van der Waals surface area contributed by atoms with E-state index in [0.29, 0.717) is 5.75 Å². The zero-order valence-corrected chi connectivity index (χ0v) is 21.2. The Balaban J connectivity index is 1.82. The van der Waals surface area contributed by atoms with Gasteiger partial charge in [-0.2, -0.15) is 13.2 Å². The van der Waals surface area contributed by atoms with Crippen LogP contribution < -0.4 is 14.8 Å². The van der Waals surface area contributed by atoms with Crippen molar-refractivity contribution in [2.45, 2.75) is 51.5 Å². The van der Waals surface area contributed by atoms with Gasteiger partial charge in [0.2, 0.25) is 5.91 Å². The highest BCUT2D eigenvalue weighted by Crippen LogP contribution is 2.38. The van der Waals surface area contributed by atoms with Gasteiger partial charge < -0.3 is 19.7 Å². The molecular weight excluding hydrogens is 487 g/mol. The van der Waals surface area contributed by atoms with Crippen molar-refractivity contribution in [3.05, 3.63) is 65.4 Å². The molecule has 0 saturated carbocycles. The Morgan fingerprint density at radius 2 is 1.84 bits per heavy atom. The van der Waals surface area contributed by atoms with E-state index in [4.69, 9.17) is 9.47 Å². The molecule has 0 radical (unpaired) electrons. The van der Waals surface area contributed by atoms with Crippen LogP contribution in [-0.2, 0) is 17.5 Å². The highest BCUT2D eigenvalue weighted by Gasteiger charge is 2.47. The molecule has 1 N–H and O–H groups in total. The summed E-state index contributed by atoms with van der Waals surface area (Å²) in [7, 11) is 1.55. The first-order chi connectivity index (χ1) is 17.2. The first-order valence-corrected chi connectivity index (χ1v) is 11.6. The number of hydrogen-bond acceptors (Lipinski definition) is 5. The quantitative estimate of drug-likeness (QED) is 0.531. The topological polar surface area (TPSA) is 80.8 Å². The van der Waals surface area contributed by atoms with Crippen molar-refractivity contribution in [3.63, 3.8) is 0 Å². The monoisotopic (exact) mass is 515 g/mol. The van der Waals surface area contributed by atoms with Crippen LogP contribution in [0.25, 0.3) is 10.9 Å². The Hall–Kier alpha value is -3.82. The number of benzene rings is 2. The normalized spacial score (nSPS) is 18.2. The molecule has 2 amide bonds. The van der Waals surface area contributed by atoms with E-state index >= 15 is 0 Å². The number of nitrogens with zero attached hydrogens (tertiary/aromatic N) is 2. The number of ether oxygens (including phenoxy) is 2. The molecule has 1 atom stereocenters. The second-order valence-corrected chi connectivity index (χ2v) is 10.2. The Bertz CT molecular complexity index is 1350. The smallest absolute Gasteiger partial charge is 0.416 e. The largest absolute Gasteiger partial charge is 0.497 e. The van der Waals surface area contributed by atoms with Crippen molar-refractivity contribution in [3.8, 4) is 11.5 Å². The zero-order chi connectivity index (χ0) is 27.2. The minimum absolute atomic E-state index is 0.0332. The van der Waals surface area contributed by atoms with E-state index in [0.717, 1.165) is 17.7 Å². The van der Waals surface area contributed by atoms with Crippen LogP contribution in [0.2, 0.25) is 0 Å². The molecule has 1 aromatic heterocycles. The molecule has 0 aliphatic carbocycles. The summed E-state index contributed by atoms with van der Waals surface area (Å²) in [6.45, 7) is 6.94. The van der Waals surface area contributed by atoms with Crippen LogP contribution in [0.5, 0.6) is 11.5 Å². The highest BCUT2D eigenvalue weighted by atomic mass is 19.4. The fourth-order valence-corrected chi connectivity index (χ4v) is 4.14. The maximum atomic E-state index is 13.9. The minimum Gasteiger partial charge on any atom is -0.497 e. The van der Waals surface area contributed by atoms with Crippen molar-refractivity contribution in [2.24, 2.45) is 0 Å². The van der Waals surface area contributed by atoms with Crippen molar-refractivity contribution in [1.29, 1.82) is 0 Å². The number of carbonyl (C=O) groups is 2. The Morgan fingerprint density at radius 1 is 1.16 bits per heavy atom. The number of nitrogens with one attached hydrogen (secondary N) is 1. The number of methoxy groups -OCH3 is 1. The third-order valence-electron chi connectivity index (χ3n) is 6.19. The number of carbonyl (C=O) groups excluding carboxylic acids is 2. The molecule has 0 saturated heterocycles. The number of amides is 2. The van der Waals surface area contributed by atoms with Crippen molar-refractivity contribution < 1.29 is 32.2 Å². The average molecular weight is 516 g/mol. The standard InChI is InChI=1S/C27H28F3N3O4/c1-25(2,3)32-24(35)26(4)15-37-22-19-11-8-17(27(28,29)30)12-21(19)31-13-20(22)23(34)33(26)14-16-6-9-18(36-5)10-7-16/h6-13H,14-15H2,1-5H3,(H,32,35). The second-order valence-electron chi connectivity index (χ2n) is 10.2. The van der Waals surface area contributed by atoms with Crippen molar-refractivity contribution in [1.82, 2.24) is 15.2 Å². The number of aromatic nitrogens is 1. The SMILES string of the molecule is COc1ccc(CN2C(=O)c3cnc4cc(C(F)(F)F)ccc4c3OCC2(C)C(=O)NC(C)(C)C)cc1. The van der Waals surface area contributed by atoms with Crippen LogP contribution in [0.1, 0.15) is 49.2 Å². The molecular formula is C27H28F3N3O4. The van der Waals surface area contributed by atoms with E-state index in [2.05, 4.69) is 10.3 Å². The third-order valence-corrected chi connectivity index (χ3v) is 6.19. The van der Waals surface area contributed by atoms with Crippen LogP contribution in [0.15, 0.2) is 48.7 Å². The Morgan fingerprint density at radius 3 is 2.43 bits per heavy atom. The Kier molecular flexibility index (Phi) is 6.56. The van der Waals surface area contributed by atoms with Gasteiger partial charge in [0.1, 0.15) is 23.7 Å². The number of alkyl halides is 3. The van der Waals surface area contributed by atoms with Gasteiger partial charge in [-0.1, -0.05) is 12.1 Å². The first-order valence-electron chi connectivity index (χ1n) is 11.6. The van der Waals surface area contributed by atoms with Crippen molar-refractivity contribution in [2.75, 3.05) is 13.7 Å². The number of pyridine rings is 1. The fraction of sp³-hybridized carbons (Fsp3) is 0.370. The molecule has 1 aliphatic rings. The van der Waals surface area contributed by atoms with E-state index in [1.54, 1.807) is 38.3 Å². The molecule has 0 bridgehead atoms. The van der Waals surface area contributed by atoms with Crippen LogP contribution >= 0.6 is 0 Å². The summed E-state index contributed by atoms with van der Waals surface area (Å²) < 4.78 is 51.0. The average Bonchev–Trinajstić information content (AvgIpc) is 2.93. The lowest BCUT2D eigenvalue weighted by Crippen LogP contribution is -2.63. The lowest BCUT2D eigenvalue weighted by atomic mass is 9.95. The van der Waals surface area contributed by atoms with Crippen molar-refractivity contribution >= 4 is 22.7 Å². The number of rotatable bonds is 4. The molecule has 0 spiro atoms. The molecule has 1 unspecified atom stereocenters. The number of halogens is 3. The fourth-order valence-electron chi connectivity index (χ4n) is 4.14. The van der Waals surface area contributed by atoms with Gasteiger partial charge in [0.05, 0.1) is 18.2 Å². The maximum Gasteiger partial charge on any atom is 0.416 e. The highest BCUT2D eigenvalue weighted by molar-refractivity contribution is 6.05. The predicted molar refractivity (Wildman–Crippen MR) is 131 cm³/mol. The second kappa shape index (κ2) is 9.24. The molecule has 7 nitrogen and oxygen atoms in total. The molecule has 37 heavy (non-hydrogen) atoms. The van der Waals surface area contributed by atoms with E-state index in [-0.39, 0.29) is 35.4 Å². The Labute approximate surface area is 212 Å². The van der Waals surface area contributed by atoms with Gasteiger partial charge in [0, 0.05) is 23.7 Å². The van der Waals surface area contributed by atoms with Crippen LogP contribution in [0, 0.1) is 0 Å². The van der Waals surface area contributed by atoms with Gasteiger partial charge in [0.15, 0.2) is 5.54 Å². The van der Waals surface area contributed by atoms with Gasteiger partial charge in [-0.3, -0.25) is 14.6 Å². The summed E-state index contributed by atoms with van der Waals surface area (Å²) >= 11 is 0. The summed E-state index contributed by atoms with van der Waals surface area (Å²) in [4.78, 5) is 33.0. The molecule has 3 aromatic rings. The number of hydrogen-bond donors (Lipinski definition) is 1. The van der Waals surface area contributed by atoms with Gasteiger partial charge >= 0.3 is 6.18 Å². The zero-order valence-electron chi connectivity index (χ0n) is 21.2. The van der Waals surface area contributed by atoms with Crippen LogP contribution in [0.3, 0.4) is 0 Å². The third kappa shape index (κ3) is 5.19. The van der Waals surface area contributed by atoms with E-state index in [1.807, 2.05) is 20.8 Å². The van der Waals surface area contributed by atoms with E-state index in [1.165, 1.54) is 17.2 Å². The van der Waals surface area contributed by atoms with Gasteiger partial charge in [-0.05, 0) is 63.6 Å². The summed E-state index contributed by atoms with van der Waals surface area (Å²) in [6, 6.07) is 10.2. The molecule has 196 valence electrons. The lowest BCUT2D eigenvalue weighted by Gasteiger charge is -2.39. The lowest BCUT2D eigenvalue weighted by molar-refractivity contribution is -0.137. The number of fused-ring (bicyclic) bond motifs is 3.